The van der Waals surface area contributed by atoms with E-state index < -0.39 is 26.0 Å². The van der Waals surface area contributed by atoms with Gasteiger partial charge in [0.1, 0.15) is 0 Å². The first kappa shape index (κ1) is 15.1. The number of sulfonamides is 1. The van der Waals surface area contributed by atoms with Crippen LogP contribution in [0.3, 0.4) is 0 Å². The third-order valence-corrected chi connectivity index (χ3v) is 4.64. The van der Waals surface area contributed by atoms with Crippen molar-refractivity contribution < 1.29 is 21.9 Å². The first-order valence-electron chi connectivity index (χ1n) is 5.11. The molecule has 1 rings (SSSR count). The predicted molar refractivity (Wildman–Crippen MR) is 66.4 cm³/mol. The van der Waals surface area contributed by atoms with Gasteiger partial charge in [-0.05, 0) is 25.1 Å². The lowest BCUT2D eigenvalue weighted by atomic mass is 10.4. The van der Waals surface area contributed by atoms with Crippen molar-refractivity contribution in [2.75, 3.05) is 12.8 Å². The van der Waals surface area contributed by atoms with E-state index in [1.807, 2.05) is 0 Å². The largest absolute Gasteiger partial charge is 0.392 e. The minimum Gasteiger partial charge on any atom is -0.392 e. The summed E-state index contributed by atoms with van der Waals surface area (Å²) in [6.07, 6.45) is 0.181. The van der Waals surface area contributed by atoms with Crippen LogP contribution in [-0.2, 0) is 19.9 Å². The number of benzene rings is 1. The quantitative estimate of drug-likeness (QED) is 0.779. The molecule has 6 nitrogen and oxygen atoms in total. The average Bonchev–Trinajstić information content (AvgIpc) is 2.26. The molecular formula is C10H15NO5S2. The SMILES string of the molecule is CC(O)CNS(=O)(=O)c1cccc(S(C)(=O)=O)c1. The summed E-state index contributed by atoms with van der Waals surface area (Å²) in [7, 11) is -7.27. The van der Waals surface area contributed by atoms with E-state index >= 15 is 0 Å². The number of sulfone groups is 1. The van der Waals surface area contributed by atoms with Crippen molar-refractivity contribution in [2.24, 2.45) is 0 Å². The molecule has 1 aromatic carbocycles. The van der Waals surface area contributed by atoms with E-state index in [4.69, 9.17) is 5.11 Å². The Hall–Kier alpha value is -0.960. The van der Waals surface area contributed by atoms with Crippen LogP contribution in [0, 0.1) is 0 Å². The van der Waals surface area contributed by atoms with Gasteiger partial charge in [-0.1, -0.05) is 6.07 Å². The molecule has 0 aliphatic rings. The Balaban J connectivity index is 3.11. The third-order valence-electron chi connectivity index (χ3n) is 2.11. The molecule has 0 aliphatic heterocycles. The molecular weight excluding hydrogens is 278 g/mol. The van der Waals surface area contributed by atoms with Crippen molar-refractivity contribution in [1.29, 1.82) is 0 Å². The second-order valence-corrected chi connectivity index (χ2v) is 7.73. The number of aliphatic hydroxyl groups excluding tert-OH is 1. The first-order chi connectivity index (χ1) is 8.13. The monoisotopic (exact) mass is 293 g/mol. The Morgan fingerprint density at radius 1 is 1.22 bits per heavy atom. The van der Waals surface area contributed by atoms with E-state index in [-0.39, 0.29) is 16.3 Å². The molecule has 0 spiro atoms. The third kappa shape index (κ3) is 4.05. The molecule has 18 heavy (non-hydrogen) atoms. The summed E-state index contributed by atoms with van der Waals surface area (Å²) < 4.78 is 48.4. The summed E-state index contributed by atoms with van der Waals surface area (Å²) in [4.78, 5) is -0.214. The maximum absolute atomic E-state index is 11.8. The van der Waals surface area contributed by atoms with Gasteiger partial charge < -0.3 is 5.11 Å². The Morgan fingerprint density at radius 3 is 2.28 bits per heavy atom. The van der Waals surface area contributed by atoms with Crippen LogP contribution in [0.5, 0.6) is 0 Å². The molecule has 0 fully saturated rings. The van der Waals surface area contributed by atoms with Crippen LogP contribution in [0.2, 0.25) is 0 Å². The first-order valence-corrected chi connectivity index (χ1v) is 8.48. The zero-order valence-electron chi connectivity index (χ0n) is 9.99. The van der Waals surface area contributed by atoms with Crippen LogP contribution < -0.4 is 4.72 Å². The van der Waals surface area contributed by atoms with Crippen molar-refractivity contribution in [1.82, 2.24) is 4.72 Å². The topological polar surface area (TPSA) is 101 Å². The van der Waals surface area contributed by atoms with Crippen LogP contribution in [0.1, 0.15) is 6.92 Å². The fraction of sp³-hybridized carbons (Fsp3) is 0.400. The molecule has 0 saturated heterocycles. The van der Waals surface area contributed by atoms with Gasteiger partial charge in [-0.15, -0.1) is 0 Å². The highest BCUT2D eigenvalue weighted by Crippen LogP contribution is 2.15. The van der Waals surface area contributed by atoms with Gasteiger partial charge in [0.2, 0.25) is 10.0 Å². The molecule has 0 saturated carbocycles. The van der Waals surface area contributed by atoms with Crippen molar-refractivity contribution >= 4 is 19.9 Å². The lowest BCUT2D eigenvalue weighted by Gasteiger charge is -2.09. The molecule has 1 aromatic rings. The van der Waals surface area contributed by atoms with Crippen LogP contribution in [-0.4, -0.2) is 40.8 Å². The fourth-order valence-electron chi connectivity index (χ4n) is 1.19. The van der Waals surface area contributed by atoms with E-state index in [2.05, 4.69) is 4.72 Å². The molecule has 102 valence electrons. The summed E-state index contributed by atoms with van der Waals surface area (Å²) in [6, 6.07) is 5.05. The van der Waals surface area contributed by atoms with Crippen molar-refractivity contribution in [3.63, 3.8) is 0 Å². The fourth-order valence-corrected chi connectivity index (χ4v) is 3.09. The molecule has 8 heteroatoms. The van der Waals surface area contributed by atoms with Crippen LogP contribution in [0.4, 0.5) is 0 Å². The van der Waals surface area contributed by atoms with E-state index in [9.17, 15) is 16.8 Å². The highest BCUT2D eigenvalue weighted by Gasteiger charge is 2.17. The van der Waals surface area contributed by atoms with E-state index in [1.54, 1.807) is 0 Å². The van der Waals surface area contributed by atoms with Gasteiger partial charge in [-0.3, -0.25) is 0 Å². The number of nitrogens with one attached hydrogen (secondary N) is 1. The standard InChI is InChI=1S/C10H15NO5S2/c1-8(12)7-11-18(15,16)10-5-3-4-9(6-10)17(2,13)14/h3-6,8,11-12H,7H2,1-2H3. The second-order valence-electron chi connectivity index (χ2n) is 3.95. The molecule has 0 bridgehead atoms. The molecule has 1 atom stereocenters. The normalized spacial score (nSPS) is 14.4. The summed E-state index contributed by atoms with van der Waals surface area (Å²) in [5.41, 5.74) is 0. The number of rotatable bonds is 5. The van der Waals surface area contributed by atoms with E-state index in [0.717, 1.165) is 12.3 Å². The van der Waals surface area contributed by atoms with Gasteiger partial charge in [0.05, 0.1) is 15.9 Å². The molecule has 1 unspecified atom stereocenters. The van der Waals surface area contributed by atoms with Crippen molar-refractivity contribution in [3.05, 3.63) is 24.3 Å². The average molecular weight is 293 g/mol. The van der Waals surface area contributed by atoms with Gasteiger partial charge in [0.25, 0.3) is 0 Å². The molecule has 0 heterocycles. The minimum atomic E-state index is -3.81. The Morgan fingerprint density at radius 2 is 1.78 bits per heavy atom. The summed E-state index contributed by atoms with van der Waals surface area (Å²) in [6.45, 7) is 1.31. The van der Waals surface area contributed by atoms with Gasteiger partial charge in [0, 0.05) is 12.8 Å². The smallest absolute Gasteiger partial charge is 0.240 e. The lowest BCUT2D eigenvalue weighted by Crippen LogP contribution is -2.30. The number of aliphatic hydroxyl groups is 1. The zero-order chi connectivity index (χ0) is 14.0. The minimum absolute atomic E-state index is 0.0672. The van der Waals surface area contributed by atoms with Crippen molar-refractivity contribution in [2.45, 2.75) is 22.8 Å². The number of hydrogen-bond acceptors (Lipinski definition) is 5. The predicted octanol–water partition coefficient (Wildman–Crippen LogP) is -0.251. The molecule has 0 aromatic heterocycles. The highest BCUT2D eigenvalue weighted by atomic mass is 32.2. The second kappa shape index (κ2) is 5.35. The van der Waals surface area contributed by atoms with Crippen LogP contribution >= 0.6 is 0 Å². The van der Waals surface area contributed by atoms with Gasteiger partial charge in [0.15, 0.2) is 9.84 Å². The Kier molecular flexibility index (Phi) is 4.49. The number of hydrogen-bond donors (Lipinski definition) is 2. The van der Waals surface area contributed by atoms with Crippen LogP contribution in [0.15, 0.2) is 34.1 Å². The van der Waals surface area contributed by atoms with Gasteiger partial charge >= 0.3 is 0 Å². The Bertz CT molecular complexity index is 619. The van der Waals surface area contributed by atoms with Crippen LogP contribution in [0.25, 0.3) is 0 Å². The Labute approximate surface area is 107 Å². The molecule has 0 amide bonds. The summed E-state index contributed by atoms with van der Waals surface area (Å²) in [5, 5.41) is 9.02. The summed E-state index contributed by atoms with van der Waals surface area (Å²) in [5.74, 6) is 0. The van der Waals surface area contributed by atoms with Crippen molar-refractivity contribution in [3.8, 4) is 0 Å². The molecule has 0 aliphatic carbocycles. The maximum Gasteiger partial charge on any atom is 0.240 e. The van der Waals surface area contributed by atoms with E-state index in [0.29, 0.717) is 0 Å². The maximum atomic E-state index is 11.8. The lowest BCUT2D eigenvalue weighted by molar-refractivity contribution is 0.198. The summed E-state index contributed by atoms with van der Waals surface area (Å²) >= 11 is 0. The zero-order valence-corrected chi connectivity index (χ0v) is 11.6. The van der Waals surface area contributed by atoms with Gasteiger partial charge in [-0.2, -0.15) is 0 Å². The van der Waals surface area contributed by atoms with E-state index in [1.165, 1.54) is 25.1 Å². The molecule has 0 radical (unpaired) electrons. The van der Waals surface area contributed by atoms with Gasteiger partial charge in [-0.25, -0.2) is 21.6 Å². The highest BCUT2D eigenvalue weighted by molar-refractivity contribution is 7.91. The molecule has 2 N–H and O–H groups in total.